The Morgan fingerprint density at radius 2 is 1.59 bits per heavy atom. The van der Waals surface area contributed by atoms with Crippen LogP contribution in [0, 0.1) is 11.3 Å². The molecule has 0 bridgehead atoms. The Labute approximate surface area is 239 Å². The molecule has 0 aromatic carbocycles. The SMILES string of the molecule is CC(F)(F)CCC(NC(=O)[C@@H]1CC2(CCCCC2)CN1C(=O)C(NC(=O)O)C1CCCCC1)C(=O)C(=O)NC1CC1. The number of alkyl halides is 2. The van der Waals surface area contributed by atoms with E-state index in [4.69, 9.17) is 0 Å². The van der Waals surface area contributed by atoms with E-state index in [1.165, 1.54) is 4.90 Å². The topological polar surface area (TPSA) is 145 Å². The lowest BCUT2D eigenvalue weighted by Gasteiger charge is -2.35. The number of carboxylic acid groups (broad SMARTS) is 1. The summed E-state index contributed by atoms with van der Waals surface area (Å²) in [5.74, 6) is -6.32. The zero-order chi connectivity index (χ0) is 29.8. The van der Waals surface area contributed by atoms with E-state index in [1.807, 2.05) is 0 Å². The number of amides is 4. The van der Waals surface area contributed by atoms with Gasteiger partial charge in [0.05, 0.1) is 6.04 Å². The van der Waals surface area contributed by atoms with E-state index in [0.29, 0.717) is 32.7 Å². The summed E-state index contributed by atoms with van der Waals surface area (Å²) in [6.07, 6.45) is 8.13. The number of Topliss-reactive ketones (excluding diaryl/α,β-unsaturated/α-hetero) is 1. The molecule has 3 atom stereocenters. The molecule has 230 valence electrons. The maximum absolute atomic E-state index is 14.0. The summed E-state index contributed by atoms with van der Waals surface area (Å²) in [5.41, 5.74) is -0.310. The summed E-state index contributed by atoms with van der Waals surface area (Å²) >= 11 is 0. The van der Waals surface area contributed by atoms with Gasteiger partial charge in [0, 0.05) is 19.0 Å². The highest BCUT2D eigenvalue weighted by Crippen LogP contribution is 2.47. The standard InChI is InChI=1S/C29H44F2N4O6/c1-28(30,31)15-12-20(23(36)25(38)32-19-10-11-19)33-24(37)21-16-29(13-6-3-7-14-29)17-35(21)26(39)22(34-27(40)41)18-8-4-2-5-9-18/h18-22,34H,2-17H2,1H3,(H,32,38)(H,33,37)(H,40,41)/t20?,21-,22?/m0/s1. The molecule has 1 spiro atoms. The number of hydrogen-bond donors (Lipinski definition) is 4. The molecule has 4 aliphatic rings. The van der Waals surface area contributed by atoms with Crippen LogP contribution < -0.4 is 16.0 Å². The summed E-state index contributed by atoms with van der Waals surface area (Å²) < 4.78 is 27.5. The van der Waals surface area contributed by atoms with Gasteiger partial charge in [0.15, 0.2) is 0 Å². The van der Waals surface area contributed by atoms with Gasteiger partial charge in [0.25, 0.3) is 5.91 Å². The highest BCUT2D eigenvalue weighted by molar-refractivity contribution is 6.38. The minimum atomic E-state index is -3.10. The Hall–Kier alpha value is -2.79. The molecule has 10 nitrogen and oxygen atoms in total. The van der Waals surface area contributed by atoms with Crippen LogP contribution in [0.5, 0.6) is 0 Å². The van der Waals surface area contributed by atoms with Crippen LogP contribution in [0.15, 0.2) is 0 Å². The Morgan fingerprint density at radius 3 is 2.17 bits per heavy atom. The van der Waals surface area contributed by atoms with Gasteiger partial charge < -0.3 is 26.0 Å². The van der Waals surface area contributed by atoms with Gasteiger partial charge in [0.2, 0.25) is 23.5 Å². The number of nitrogens with zero attached hydrogens (tertiary/aromatic N) is 1. The van der Waals surface area contributed by atoms with Crippen molar-refractivity contribution < 1.29 is 37.9 Å². The molecule has 4 amide bonds. The molecule has 12 heteroatoms. The fraction of sp³-hybridized carbons (Fsp3) is 0.828. The van der Waals surface area contributed by atoms with Crippen molar-refractivity contribution in [2.24, 2.45) is 11.3 Å². The van der Waals surface area contributed by atoms with Crippen LogP contribution in [-0.2, 0) is 19.2 Å². The molecule has 0 aromatic rings. The lowest BCUT2D eigenvalue weighted by atomic mass is 9.72. The predicted molar refractivity (Wildman–Crippen MR) is 145 cm³/mol. The number of hydrogen-bond acceptors (Lipinski definition) is 5. The van der Waals surface area contributed by atoms with Gasteiger partial charge in [-0.1, -0.05) is 38.5 Å². The zero-order valence-corrected chi connectivity index (χ0v) is 23.9. The van der Waals surface area contributed by atoms with Crippen LogP contribution in [0.1, 0.15) is 103 Å². The monoisotopic (exact) mass is 582 g/mol. The minimum Gasteiger partial charge on any atom is -0.465 e. The molecule has 4 fully saturated rings. The second-order valence-corrected chi connectivity index (χ2v) is 12.9. The van der Waals surface area contributed by atoms with E-state index in [-0.39, 0.29) is 17.4 Å². The first-order chi connectivity index (χ1) is 19.4. The average molecular weight is 583 g/mol. The van der Waals surface area contributed by atoms with Crippen molar-refractivity contribution in [2.45, 2.75) is 133 Å². The summed E-state index contributed by atoms with van der Waals surface area (Å²) in [4.78, 5) is 66.5. The molecule has 4 N–H and O–H groups in total. The van der Waals surface area contributed by atoms with Gasteiger partial charge in [-0.3, -0.25) is 19.2 Å². The summed E-state index contributed by atoms with van der Waals surface area (Å²) in [6.45, 7) is 1.01. The van der Waals surface area contributed by atoms with Crippen molar-refractivity contribution in [3.8, 4) is 0 Å². The summed E-state index contributed by atoms with van der Waals surface area (Å²) in [6, 6.07) is -3.57. The lowest BCUT2D eigenvalue weighted by molar-refractivity contribution is -0.143. The van der Waals surface area contributed by atoms with Crippen molar-refractivity contribution in [3.63, 3.8) is 0 Å². The predicted octanol–water partition coefficient (Wildman–Crippen LogP) is 3.52. The molecule has 0 aromatic heterocycles. The van der Waals surface area contributed by atoms with Gasteiger partial charge >= 0.3 is 6.09 Å². The van der Waals surface area contributed by atoms with Gasteiger partial charge in [-0.25, -0.2) is 13.6 Å². The number of nitrogens with one attached hydrogen (secondary N) is 3. The molecule has 3 saturated carbocycles. The van der Waals surface area contributed by atoms with Crippen LogP contribution >= 0.6 is 0 Å². The number of ketones is 1. The molecule has 1 heterocycles. The first kappa shape index (κ1) is 31.2. The lowest BCUT2D eigenvalue weighted by Crippen LogP contribution is -2.58. The first-order valence-electron chi connectivity index (χ1n) is 15.2. The smallest absolute Gasteiger partial charge is 0.405 e. The highest BCUT2D eigenvalue weighted by Gasteiger charge is 2.51. The Morgan fingerprint density at radius 1 is 0.951 bits per heavy atom. The molecule has 41 heavy (non-hydrogen) atoms. The molecular weight excluding hydrogens is 538 g/mol. The number of halogens is 2. The van der Waals surface area contributed by atoms with Gasteiger partial charge in [-0.2, -0.15) is 0 Å². The van der Waals surface area contributed by atoms with Crippen LogP contribution in [-0.4, -0.2) is 76.2 Å². The van der Waals surface area contributed by atoms with Crippen LogP contribution in [0.3, 0.4) is 0 Å². The van der Waals surface area contributed by atoms with E-state index in [0.717, 1.165) is 64.2 Å². The van der Waals surface area contributed by atoms with Crippen molar-refractivity contribution in [1.82, 2.24) is 20.9 Å². The molecule has 0 radical (unpaired) electrons. The molecule has 2 unspecified atom stereocenters. The number of carbonyl (C=O) groups excluding carboxylic acids is 4. The van der Waals surface area contributed by atoms with Crippen molar-refractivity contribution in [1.29, 1.82) is 0 Å². The Kier molecular flexibility index (Phi) is 9.89. The zero-order valence-electron chi connectivity index (χ0n) is 23.9. The normalized spacial score (nSPS) is 24.4. The van der Waals surface area contributed by atoms with Crippen molar-refractivity contribution >= 4 is 29.6 Å². The average Bonchev–Trinajstić information content (AvgIpc) is 3.67. The fourth-order valence-corrected chi connectivity index (χ4v) is 6.92. The maximum atomic E-state index is 14.0. The molecular formula is C29H44F2N4O6. The van der Waals surface area contributed by atoms with Crippen LogP contribution in [0.25, 0.3) is 0 Å². The maximum Gasteiger partial charge on any atom is 0.405 e. The third kappa shape index (κ3) is 8.38. The second kappa shape index (κ2) is 13.0. The third-order valence-corrected chi connectivity index (χ3v) is 9.32. The summed E-state index contributed by atoms with van der Waals surface area (Å²) in [5, 5.41) is 17.1. The molecule has 1 aliphatic heterocycles. The Bertz CT molecular complexity index is 1000. The van der Waals surface area contributed by atoms with Crippen molar-refractivity contribution in [3.05, 3.63) is 0 Å². The minimum absolute atomic E-state index is 0.122. The molecule has 1 saturated heterocycles. The number of likely N-dealkylation sites (tertiary alicyclic amines) is 1. The van der Waals surface area contributed by atoms with Gasteiger partial charge in [0.1, 0.15) is 12.1 Å². The fourth-order valence-electron chi connectivity index (χ4n) is 6.92. The highest BCUT2D eigenvalue weighted by atomic mass is 19.3. The van der Waals surface area contributed by atoms with E-state index in [9.17, 15) is 37.9 Å². The number of carbonyl (C=O) groups is 5. The number of rotatable bonds is 11. The van der Waals surface area contributed by atoms with Crippen molar-refractivity contribution in [2.75, 3.05) is 6.54 Å². The second-order valence-electron chi connectivity index (χ2n) is 12.9. The van der Waals surface area contributed by atoms with E-state index >= 15 is 0 Å². The van der Waals surface area contributed by atoms with E-state index in [2.05, 4.69) is 16.0 Å². The van der Waals surface area contributed by atoms with Gasteiger partial charge in [-0.05, 0) is 69.6 Å². The van der Waals surface area contributed by atoms with Crippen LogP contribution in [0.4, 0.5) is 13.6 Å². The third-order valence-electron chi connectivity index (χ3n) is 9.32. The first-order valence-corrected chi connectivity index (χ1v) is 15.2. The van der Waals surface area contributed by atoms with Crippen LogP contribution in [0.2, 0.25) is 0 Å². The Balaban J connectivity index is 1.56. The molecule has 4 rings (SSSR count). The summed E-state index contributed by atoms with van der Waals surface area (Å²) in [7, 11) is 0. The largest absolute Gasteiger partial charge is 0.465 e. The molecule has 3 aliphatic carbocycles. The van der Waals surface area contributed by atoms with E-state index in [1.54, 1.807) is 0 Å². The quantitative estimate of drug-likeness (QED) is 0.274. The van der Waals surface area contributed by atoms with Gasteiger partial charge in [-0.15, -0.1) is 0 Å². The van der Waals surface area contributed by atoms with E-state index < -0.39 is 66.5 Å².